The van der Waals surface area contributed by atoms with Gasteiger partial charge in [0.1, 0.15) is 5.75 Å². The third-order valence-corrected chi connectivity index (χ3v) is 5.42. The van der Waals surface area contributed by atoms with Gasteiger partial charge in [-0.15, -0.1) is 0 Å². The summed E-state index contributed by atoms with van der Waals surface area (Å²) in [6, 6.07) is 20.7. The van der Waals surface area contributed by atoms with E-state index in [0.29, 0.717) is 52.2 Å². The number of amides is 3. The third kappa shape index (κ3) is 6.39. The molecule has 166 valence electrons. The van der Waals surface area contributed by atoms with Gasteiger partial charge in [-0.2, -0.15) is 0 Å². The molecule has 3 rings (SSSR count). The van der Waals surface area contributed by atoms with Gasteiger partial charge in [0.15, 0.2) is 0 Å². The first-order chi connectivity index (χ1) is 15.5. The zero-order valence-corrected chi connectivity index (χ0v) is 19.0. The normalized spacial score (nSPS) is 10.3. The summed E-state index contributed by atoms with van der Waals surface area (Å²) < 4.78 is 5.20. The number of urea groups is 1. The van der Waals surface area contributed by atoms with Crippen LogP contribution in [0.4, 0.5) is 16.2 Å². The van der Waals surface area contributed by atoms with Crippen LogP contribution in [0.1, 0.15) is 16.8 Å². The van der Waals surface area contributed by atoms with Gasteiger partial charge in [-0.3, -0.25) is 9.69 Å². The average Bonchev–Trinajstić information content (AvgIpc) is 2.82. The SMILES string of the molecule is COc1ccc(N(CCCNC(=O)c2ccccc2)C(=O)Nc2ccc(Cl)c(Cl)c2)cc1. The summed E-state index contributed by atoms with van der Waals surface area (Å²) in [5, 5.41) is 6.47. The minimum atomic E-state index is -0.331. The number of nitrogens with zero attached hydrogens (tertiary/aromatic N) is 1. The number of rotatable bonds is 8. The highest BCUT2D eigenvalue weighted by molar-refractivity contribution is 6.42. The molecule has 3 amide bonds. The first-order valence-corrected chi connectivity index (χ1v) is 10.7. The van der Waals surface area contributed by atoms with Gasteiger partial charge in [0.05, 0.1) is 17.2 Å². The Kier molecular flexibility index (Phi) is 8.36. The fourth-order valence-electron chi connectivity index (χ4n) is 3.01. The Labute approximate surface area is 197 Å². The van der Waals surface area contributed by atoms with Crippen molar-refractivity contribution in [3.8, 4) is 5.75 Å². The molecule has 0 saturated carbocycles. The van der Waals surface area contributed by atoms with Crippen molar-refractivity contribution in [2.24, 2.45) is 0 Å². The molecule has 0 fully saturated rings. The molecule has 3 aromatic carbocycles. The number of hydrogen-bond acceptors (Lipinski definition) is 3. The van der Waals surface area contributed by atoms with Crippen molar-refractivity contribution < 1.29 is 14.3 Å². The Morgan fingerprint density at radius 2 is 1.66 bits per heavy atom. The second-order valence-corrected chi connectivity index (χ2v) is 7.70. The molecule has 0 radical (unpaired) electrons. The predicted octanol–water partition coefficient (Wildman–Crippen LogP) is 5.86. The van der Waals surface area contributed by atoms with Crippen LogP contribution in [-0.2, 0) is 0 Å². The van der Waals surface area contributed by atoms with E-state index < -0.39 is 0 Å². The highest BCUT2D eigenvalue weighted by Gasteiger charge is 2.17. The standard InChI is InChI=1S/C24H23Cl2N3O3/c1-32-20-11-9-19(10-12-20)29(24(31)28-18-8-13-21(25)22(26)16-18)15-5-14-27-23(30)17-6-3-2-4-7-17/h2-4,6-13,16H,5,14-15H2,1H3,(H,27,30)(H,28,31). The van der Waals surface area contributed by atoms with Crippen LogP contribution in [0.15, 0.2) is 72.8 Å². The highest BCUT2D eigenvalue weighted by Crippen LogP contribution is 2.26. The second-order valence-electron chi connectivity index (χ2n) is 6.88. The van der Waals surface area contributed by atoms with Gasteiger partial charge in [0.2, 0.25) is 0 Å². The number of anilines is 2. The van der Waals surface area contributed by atoms with Crippen molar-refractivity contribution in [2.45, 2.75) is 6.42 Å². The van der Waals surface area contributed by atoms with Gasteiger partial charge in [-0.25, -0.2) is 4.79 Å². The predicted molar refractivity (Wildman–Crippen MR) is 129 cm³/mol. The van der Waals surface area contributed by atoms with E-state index in [1.807, 2.05) is 18.2 Å². The van der Waals surface area contributed by atoms with Gasteiger partial charge in [-0.05, 0) is 61.0 Å². The van der Waals surface area contributed by atoms with Gasteiger partial charge in [0, 0.05) is 30.0 Å². The molecule has 0 aliphatic carbocycles. The molecule has 2 N–H and O–H groups in total. The maximum absolute atomic E-state index is 13.0. The summed E-state index contributed by atoms with van der Waals surface area (Å²) in [5.41, 5.74) is 1.81. The summed E-state index contributed by atoms with van der Waals surface area (Å²) in [4.78, 5) is 26.9. The van der Waals surface area contributed by atoms with Gasteiger partial charge in [-0.1, -0.05) is 41.4 Å². The van der Waals surface area contributed by atoms with Crippen molar-refractivity contribution in [3.63, 3.8) is 0 Å². The Bertz CT molecular complexity index is 1060. The second kappa shape index (κ2) is 11.4. The number of ether oxygens (including phenoxy) is 1. The highest BCUT2D eigenvalue weighted by atomic mass is 35.5. The van der Waals surface area contributed by atoms with Gasteiger partial charge >= 0.3 is 6.03 Å². The fraction of sp³-hybridized carbons (Fsp3) is 0.167. The first kappa shape index (κ1) is 23.4. The number of carbonyl (C=O) groups excluding carboxylic acids is 2. The third-order valence-electron chi connectivity index (χ3n) is 4.68. The lowest BCUT2D eigenvalue weighted by Crippen LogP contribution is -2.37. The quantitative estimate of drug-likeness (QED) is 0.404. The first-order valence-electron chi connectivity index (χ1n) is 9.99. The average molecular weight is 472 g/mol. The van der Waals surface area contributed by atoms with E-state index in [2.05, 4.69) is 10.6 Å². The van der Waals surface area contributed by atoms with Gasteiger partial charge < -0.3 is 15.4 Å². The Morgan fingerprint density at radius 1 is 0.938 bits per heavy atom. The largest absolute Gasteiger partial charge is 0.497 e. The zero-order valence-electron chi connectivity index (χ0n) is 17.5. The van der Waals surface area contributed by atoms with Crippen molar-refractivity contribution in [1.82, 2.24) is 5.32 Å². The minimum absolute atomic E-state index is 0.151. The molecular formula is C24H23Cl2N3O3. The number of benzene rings is 3. The van der Waals surface area contributed by atoms with Crippen molar-refractivity contribution in [3.05, 3.63) is 88.4 Å². The molecule has 6 nitrogen and oxygen atoms in total. The molecule has 32 heavy (non-hydrogen) atoms. The van der Waals surface area contributed by atoms with Crippen LogP contribution in [0.25, 0.3) is 0 Å². The monoisotopic (exact) mass is 471 g/mol. The van der Waals surface area contributed by atoms with Crippen LogP contribution in [0.5, 0.6) is 5.75 Å². The molecule has 0 aliphatic heterocycles. The number of halogens is 2. The maximum atomic E-state index is 13.0. The lowest BCUT2D eigenvalue weighted by Gasteiger charge is -2.24. The lowest BCUT2D eigenvalue weighted by atomic mass is 10.2. The Hall–Kier alpha value is -3.22. The minimum Gasteiger partial charge on any atom is -0.497 e. The van der Waals surface area contributed by atoms with Crippen LogP contribution >= 0.6 is 23.2 Å². The van der Waals surface area contributed by atoms with Crippen LogP contribution < -0.4 is 20.3 Å². The number of carbonyl (C=O) groups is 2. The smallest absolute Gasteiger partial charge is 0.326 e. The van der Waals surface area contributed by atoms with E-state index in [0.717, 1.165) is 0 Å². The summed E-state index contributed by atoms with van der Waals surface area (Å²) >= 11 is 12.0. The molecule has 0 bridgehead atoms. The molecule has 0 spiro atoms. The van der Waals surface area contributed by atoms with Crippen molar-refractivity contribution >= 4 is 46.5 Å². The fourth-order valence-corrected chi connectivity index (χ4v) is 3.30. The summed E-state index contributed by atoms with van der Waals surface area (Å²) in [6.07, 6.45) is 0.555. The molecule has 0 unspecified atom stereocenters. The van der Waals surface area contributed by atoms with E-state index >= 15 is 0 Å². The summed E-state index contributed by atoms with van der Waals surface area (Å²) in [6.45, 7) is 0.801. The molecule has 3 aromatic rings. The molecular weight excluding hydrogens is 449 g/mol. The number of methoxy groups -OCH3 is 1. The van der Waals surface area contributed by atoms with Crippen molar-refractivity contribution in [1.29, 1.82) is 0 Å². The van der Waals surface area contributed by atoms with E-state index in [1.54, 1.807) is 66.6 Å². The molecule has 0 saturated heterocycles. The van der Waals surface area contributed by atoms with E-state index in [1.165, 1.54) is 0 Å². The van der Waals surface area contributed by atoms with Crippen LogP contribution in [0.3, 0.4) is 0 Å². The van der Waals surface area contributed by atoms with Crippen LogP contribution in [0.2, 0.25) is 10.0 Å². The number of hydrogen-bond donors (Lipinski definition) is 2. The number of nitrogens with one attached hydrogen (secondary N) is 2. The topological polar surface area (TPSA) is 70.7 Å². The van der Waals surface area contributed by atoms with E-state index in [-0.39, 0.29) is 11.9 Å². The maximum Gasteiger partial charge on any atom is 0.326 e. The summed E-state index contributed by atoms with van der Waals surface area (Å²) in [5.74, 6) is 0.538. The Morgan fingerprint density at radius 3 is 2.31 bits per heavy atom. The molecule has 0 aliphatic rings. The van der Waals surface area contributed by atoms with Gasteiger partial charge in [0.25, 0.3) is 5.91 Å². The Balaban J connectivity index is 1.66. The zero-order chi connectivity index (χ0) is 22.9. The molecule has 0 heterocycles. The van der Waals surface area contributed by atoms with Crippen molar-refractivity contribution in [2.75, 3.05) is 30.4 Å². The van der Waals surface area contributed by atoms with Crippen LogP contribution in [-0.4, -0.2) is 32.1 Å². The van der Waals surface area contributed by atoms with E-state index in [9.17, 15) is 9.59 Å². The lowest BCUT2D eigenvalue weighted by molar-refractivity contribution is 0.0953. The summed E-state index contributed by atoms with van der Waals surface area (Å²) in [7, 11) is 1.58. The van der Waals surface area contributed by atoms with E-state index in [4.69, 9.17) is 27.9 Å². The molecule has 0 atom stereocenters. The molecule has 8 heteroatoms. The van der Waals surface area contributed by atoms with Crippen LogP contribution in [0, 0.1) is 0 Å². The molecule has 0 aromatic heterocycles.